The summed E-state index contributed by atoms with van der Waals surface area (Å²) < 4.78 is 0. The number of nitro groups is 1. The highest BCUT2D eigenvalue weighted by molar-refractivity contribution is 7.80. The van der Waals surface area contributed by atoms with Gasteiger partial charge in [-0.25, -0.2) is 0 Å². The summed E-state index contributed by atoms with van der Waals surface area (Å²) in [6.07, 6.45) is 0. The Kier molecular flexibility index (Phi) is 7.60. The summed E-state index contributed by atoms with van der Waals surface area (Å²) in [6, 6.07) is 22.9. The molecule has 0 aromatic heterocycles. The summed E-state index contributed by atoms with van der Waals surface area (Å²) in [7, 11) is 0. The van der Waals surface area contributed by atoms with Crippen molar-refractivity contribution in [1.82, 2.24) is 10.6 Å². The van der Waals surface area contributed by atoms with Gasteiger partial charge < -0.3 is 20.9 Å². The second kappa shape index (κ2) is 11.0. The Balaban J connectivity index is 1.78. The average molecular weight is 502 g/mol. The van der Waals surface area contributed by atoms with Gasteiger partial charge in [0.25, 0.3) is 11.6 Å². The number of carbonyl (C=O) groups is 1. The van der Waals surface area contributed by atoms with Crippen LogP contribution in [0.5, 0.6) is 0 Å². The number of benzene rings is 3. The highest BCUT2D eigenvalue weighted by atomic mass is 32.1. The fourth-order valence-corrected chi connectivity index (χ4v) is 4.47. The van der Waals surface area contributed by atoms with Crippen molar-refractivity contribution in [2.45, 2.75) is 19.9 Å². The molecule has 1 aliphatic heterocycles. The van der Waals surface area contributed by atoms with Crippen LogP contribution in [0.2, 0.25) is 0 Å². The van der Waals surface area contributed by atoms with Gasteiger partial charge in [0.15, 0.2) is 5.11 Å². The molecule has 0 radical (unpaired) electrons. The average Bonchev–Trinajstić information content (AvgIpc) is 2.90. The number of nitrogens with one attached hydrogen (secondary N) is 3. The van der Waals surface area contributed by atoms with E-state index in [0.717, 1.165) is 29.9 Å². The van der Waals surface area contributed by atoms with Crippen LogP contribution in [-0.2, 0) is 4.79 Å². The molecule has 36 heavy (non-hydrogen) atoms. The van der Waals surface area contributed by atoms with Crippen LogP contribution in [0.1, 0.15) is 31.0 Å². The minimum Gasteiger partial charge on any atom is -0.372 e. The van der Waals surface area contributed by atoms with Crippen molar-refractivity contribution in [3.05, 3.63) is 106 Å². The molecule has 1 amide bonds. The van der Waals surface area contributed by atoms with E-state index < -0.39 is 16.9 Å². The van der Waals surface area contributed by atoms with Gasteiger partial charge in [0.2, 0.25) is 0 Å². The molecule has 1 aliphatic rings. The number of hydrogen-bond acceptors (Lipinski definition) is 5. The van der Waals surface area contributed by atoms with Crippen molar-refractivity contribution in [2.75, 3.05) is 23.3 Å². The molecule has 3 N–H and O–H groups in total. The van der Waals surface area contributed by atoms with Gasteiger partial charge in [-0.3, -0.25) is 14.9 Å². The minimum absolute atomic E-state index is 0.102. The number of amides is 1. The topological polar surface area (TPSA) is 99.5 Å². The first kappa shape index (κ1) is 24.9. The third-order valence-corrected chi connectivity index (χ3v) is 6.27. The monoisotopic (exact) mass is 501 g/mol. The number of hydrogen-bond donors (Lipinski definition) is 3. The lowest BCUT2D eigenvalue weighted by molar-refractivity contribution is -0.384. The third kappa shape index (κ3) is 5.36. The fourth-order valence-electron chi connectivity index (χ4n) is 4.25. The van der Waals surface area contributed by atoms with Gasteiger partial charge in [-0.1, -0.05) is 48.5 Å². The Hall–Kier alpha value is -4.24. The summed E-state index contributed by atoms with van der Waals surface area (Å²) >= 11 is 5.51. The first-order valence-corrected chi connectivity index (χ1v) is 12.1. The van der Waals surface area contributed by atoms with Crippen molar-refractivity contribution >= 4 is 46.0 Å². The van der Waals surface area contributed by atoms with E-state index in [1.54, 1.807) is 6.07 Å². The predicted molar refractivity (Wildman–Crippen MR) is 147 cm³/mol. The molecule has 3 aromatic rings. The van der Waals surface area contributed by atoms with Crippen molar-refractivity contribution in [1.29, 1.82) is 0 Å². The van der Waals surface area contributed by atoms with Crippen molar-refractivity contribution in [2.24, 2.45) is 0 Å². The number of rotatable bonds is 8. The Labute approximate surface area is 215 Å². The standard InChI is InChI=1S/C27H27N5O3S/c1-3-31(4-2)21-15-13-19(14-16-21)25-23(24(29-27(36)30-25)18-9-6-5-7-10-18)26(33)28-20-11-8-12-22(17-20)32(34)35/h5-17,25H,3-4H2,1-2H3,(H,28,33)(H2,29,30,36). The van der Waals surface area contributed by atoms with Crippen LogP contribution >= 0.6 is 12.2 Å². The first-order valence-electron chi connectivity index (χ1n) is 11.7. The van der Waals surface area contributed by atoms with Gasteiger partial charge in [-0.2, -0.15) is 0 Å². The summed E-state index contributed by atoms with van der Waals surface area (Å²) in [5, 5.41) is 20.8. The largest absolute Gasteiger partial charge is 0.372 e. The molecule has 0 spiro atoms. The summed E-state index contributed by atoms with van der Waals surface area (Å²) in [6.45, 7) is 5.99. The minimum atomic E-state index is -0.529. The van der Waals surface area contributed by atoms with Gasteiger partial charge in [0.05, 0.1) is 22.2 Å². The molecule has 0 aliphatic carbocycles. The molecule has 0 fully saturated rings. The molecular weight excluding hydrogens is 474 g/mol. The van der Waals surface area contributed by atoms with Crippen LogP contribution in [0, 0.1) is 10.1 Å². The molecule has 0 saturated heterocycles. The number of non-ortho nitro benzene ring substituents is 1. The molecule has 0 bridgehead atoms. The van der Waals surface area contributed by atoms with E-state index in [-0.39, 0.29) is 5.69 Å². The smallest absolute Gasteiger partial charge is 0.271 e. The number of nitrogens with zero attached hydrogens (tertiary/aromatic N) is 2. The highest BCUT2D eigenvalue weighted by Crippen LogP contribution is 2.33. The summed E-state index contributed by atoms with van der Waals surface area (Å²) in [4.78, 5) is 26.7. The molecule has 1 unspecified atom stereocenters. The van der Waals surface area contributed by atoms with Gasteiger partial charge in [-0.05, 0) is 55.4 Å². The lowest BCUT2D eigenvalue weighted by Crippen LogP contribution is -2.45. The summed E-state index contributed by atoms with van der Waals surface area (Å²) in [5.41, 5.74) is 4.00. The van der Waals surface area contributed by atoms with E-state index in [4.69, 9.17) is 12.2 Å². The zero-order chi connectivity index (χ0) is 25.7. The first-order chi connectivity index (χ1) is 17.4. The van der Waals surface area contributed by atoms with E-state index in [1.807, 2.05) is 54.6 Å². The maximum absolute atomic E-state index is 13.7. The molecule has 1 atom stereocenters. The predicted octanol–water partition coefficient (Wildman–Crippen LogP) is 5.01. The van der Waals surface area contributed by atoms with E-state index in [2.05, 4.69) is 34.7 Å². The molecule has 3 aromatic carbocycles. The molecule has 4 rings (SSSR count). The Bertz CT molecular complexity index is 1300. The number of carbonyl (C=O) groups excluding carboxylic acids is 1. The quantitative estimate of drug-likeness (QED) is 0.227. The van der Waals surface area contributed by atoms with Crippen molar-refractivity contribution in [3.63, 3.8) is 0 Å². The molecule has 9 heteroatoms. The Morgan fingerprint density at radius 3 is 2.36 bits per heavy atom. The van der Waals surface area contributed by atoms with E-state index in [9.17, 15) is 14.9 Å². The molecule has 0 saturated carbocycles. The van der Waals surface area contributed by atoms with Gasteiger partial charge >= 0.3 is 0 Å². The SMILES string of the molecule is CCN(CC)c1ccc(C2NC(=S)NC(c3ccccc3)=C2C(=O)Nc2cccc([N+](=O)[O-])c2)cc1. The lowest BCUT2D eigenvalue weighted by atomic mass is 9.92. The number of nitro benzene ring substituents is 1. The van der Waals surface area contributed by atoms with Crippen LogP contribution < -0.4 is 20.9 Å². The van der Waals surface area contributed by atoms with E-state index >= 15 is 0 Å². The fraction of sp³-hybridized carbons (Fsp3) is 0.185. The second-order valence-electron chi connectivity index (χ2n) is 8.21. The van der Waals surface area contributed by atoms with Gasteiger partial charge in [0, 0.05) is 36.6 Å². The molecular formula is C27H27N5O3S. The Morgan fingerprint density at radius 1 is 1.03 bits per heavy atom. The van der Waals surface area contributed by atoms with E-state index in [0.29, 0.717) is 22.1 Å². The maximum atomic E-state index is 13.7. The van der Waals surface area contributed by atoms with Crippen molar-refractivity contribution in [3.8, 4) is 0 Å². The van der Waals surface area contributed by atoms with Crippen LogP contribution in [-0.4, -0.2) is 29.0 Å². The van der Waals surface area contributed by atoms with Crippen LogP contribution in [0.3, 0.4) is 0 Å². The maximum Gasteiger partial charge on any atom is 0.271 e. The molecule has 8 nitrogen and oxygen atoms in total. The van der Waals surface area contributed by atoms with Gasteiger partial charge in [-0.15, -0.1) is 0 Å². The number of thiocarbonyl (C=S) groups is 1. The summed E-state index contributed by atoms with van der Waals surface area (Å²) in [5.74, 6) is -0.394. The second-order valence-corrected chi connectivity index (χ2v) is 8.62. The van der Waals surface area contributed by atoms with Crippen LogP contribution in [0.4, 0.5) is 17.1 Å². The Morgan fingerprint density at radius 2 is 1.72 bits per heavy atom. The lowest BCUT2D eigenvalue weighted by Gasteiger charge is -2.32. The highest BCUT2D eigenvalue weighted by Gasteiger charge is 2.32. The number of anilines is 2. The van der Waals surface area contributed by atoms with E-state index in [1.165, 1.54) is 18.2 Å². The zero-order valence-electron chi connectivity index (χ0n) is 20.0. The van der Waals surface area contributed by atoms with Crippen molar-refractivity contribution < 1.29 is 9.72 Å². The van der Waals surface area contributed by atoms with Crippen LogP contribution in [0.15, 0.2) is 84.4 Å². The zero-order valence-corrected chi connectivity index (χ0v) is 20.8. The van der Waals surface area contributed by atoms with Crippen LogP contribution in [0.25, 0.3) is 5.70 Å². The molecule has 1 heterocycles. The third-order valence-electron chi connectivity index (χ3n) is 6.05. The molecule has 184 valence electrons. The normalized spacial score (nSPS) is 15.1. The van der Waals surface area contributed by atoms with Gasteiger partial charge in [0.1, 0.15) is 0 Å².